The number of hydrogen-bond donors (Lipinski definition) is 3. The van der Waals surface area contributed by atoms with E-state index in [1.165, 1.54) is 11.3 Å². The predicted octanol–water partition coefficient (Wildman–Crippen LogP) is 3.51. The minimum Gasteiger partial charge on any atom is -0.369 e. The first kappa shape index (κ1) is 24.5. The van der Waals surface area contributed by atoms with E-state index in [0.29, 0.717) is 19.0 Å². The molecule has 0 spiro atoms. The molecule has 0 bridgehead atoms. The van der Waals surface area contributed by atoms with Crippen LogP contribution in [0.15, 0.2) is 28.9 Å². The number of benzene rings is 1. The van der Waals surface area contributed by atoms with Crippen LogP contribution in [0.1, 0.15) is 25.3 Å². The summed E-state index contributed by atoms with van der Waals surface area (Å²) in [5, 5.41) is 9.70. The number of nitrogens with one attached hydrogen (secondary N) is 3. The molecule has 0 atom stereocenters. The number of carbonyl (C=O) groups is 1. The van der Waals surface area contributed by atoms with Gasteiger partial charge in [0.1, 0.15) is 5.82 Å². The molecule has 0 unspecified atom stereocenters. The summed E-state index contributed by atoms with van der Waals surface area (Å²) in [6, 6.07) is 6.62. The highest BCUT2D eigenvalue weighted by Crippen LogP contribution is 2.28. The van der Waals surface area contributed by atoms with Gasteiger partial charge in [0.15, 0.2) is 0 Å². The summed E-state index contributed by atoms with van der Waals surface area (Å²) in [5.74, 6) is 1.29. The van der Waals surface area contributed by atoms with Crippen LogP contribution < -0.4 is 20.9 Å². The highest BCUT2D eigenvalue weighted by molar-refractivity contribution is 9.10. The summed E-state index contributed by atoms with van der Waals surface area (Å²) < 4.78 is 0.809. The van der Waals surface area contributed by atoms with Crippen molar-refractivity contribution >= 4 is 45.1 Å². The first-order valence-electron chi connectivity index (χ1n) is 12.2. The fourth-order valence-corrected chi connectivity index (χ4v) is 4.38. The summed E-state index contributed by atoms with van der Waals surface area (Å²) in [4.78, 5) is 27.6. The number of urea groups is 1. The molecular formula is C24H35BrN8O. The molecule has 2 aromatic rings. The highest BCUT2D eigenvalue weighted by Gasteiger charge is 2.19. The van der Waals surface area contributed by atoms with Crippen LogP contribution in [0.4, 0.5) is 27.9 Å². The van der Waals surface area contributed by atoms with E-state index in [1.807, 2.05) is 4.90 Å². The molecule has 184 valence electrons. The Hall–Kier alpha value is -2.59. The minimum absolute atomic E-state index is 0.0336. The number of rotatable bonds is 9. The molecule has 34 heavy (non-hydrogen) atoms. The van der Waals surface area contributed by atoms with E-state index in [9.17, 15) is 4.79 Å². The maximum Gasteiger partial charge on any atom is 0.317 e. The Morgan fingerprint density at radius 1 is 1.12 bits per heavy atom. The largest absolute Gasteiger partial charge is 0.369 e. The number of hydrogen-bond acceptors (Lipinski definition) is 7. The number of anilines is 4. The smallest absolute Gasteiger partial charge is 0.317 e. The molecule has 0 saturated carbocycles. The molecule has 9 nitrogen and oxygen atoms in total. The summed E-state index contributed by atoms with van der Waals surface area (Å²) in [6.07, 6.45) is 4.60. The van der Waals surface area contributed by atoms with Gasteiger partial charge in [0, 0.05) is 69.9 Å². The molecular weight excluding hydrogens is 496 g/mol. The lowest BCUT2D eigenvalue weighted by Gasteiger charge is -2.34. The van der Waals surface area contributed by atoms with Crippen LogP contribution in [0, 0.1) is 0 Å². The van der Waals surface area contributed by atoms with Gasteiger partial charge in [-0.05, 0) is 66.0 Å². The number of halogens is 1. The van der Waals surface area contributed by atoms with Crippen LogP contribution in [0.3, 0.4) is 0 Å². The third-order valence-electron chi connectivity index (χ3n) is 6.39. The first-order chi connectivity index (χ1) is 16.5. The number of likely N-dealkylation sites (tertiary alicyclic amines) is 1. The Bertz CT molecular complexity index is 975. The van der Waals surface area contributed by atoms with E-state index in [2.05, 4.69) is 83.8 Å². The molecule has 4 rings (SSSR count). The van der Waals surface area contributed by atoms with Crippen LogP contribution in [0.25, 0.3) is 0 Å². The molecule has 2 saturated heterocycles. The topological polar surface area (TPSA) is 88.7 Å². The monoisotopic (exact) mass is 530 g/mol. The second kappa shape index (κ2) is 11.7. The number of nitrogens with zero attached hydrogens (tertiary/aromatic N) is 5. The van der Waals surface area contributed by atoms with Crippen LogP contribution in [-0.2, 0) is 6.42 Å². The van der Waals surface area contributed by atoms with Crippen LogP contribution >= 0.6 is 15.9 Å². The lowest BCUT2D eigenvalue weighted by atomic mass is 10.1. The Balaban J connectivity index is 1.32. The zero-order valence-corrected chi connectivity index (χ0v) is 21.7. The van der Waals surface area contributed by atoms with Gasteiger partial charge < -0.3 is 30.7 Å². The second-order valence-electron chi connectivity index (χ2n) is 8.85. The lowest BCUT2D eigenvalue weighted by molar-refractivity contribution is 0.167. The number of aryl methyl sites for hydroxylation is 1. The van der Waals surface area contributed by atoms with Crippen LogP contribution in [-0.4, -0.2) is 85.2 Å². The molecule has 2 amide bonds. The number of aromatic nitrogens is 2. The predicted molar refractivity (Wildman–Crippen MR) is 141 cm³/mol. The molecule has 0 aliphatic carbocycles. The average Bonchev–Trinajstić information content (AvgIpc) is 2.80. The van der Waals surface area contributed by atoms with Crippen molar-refractivity contribution in [2.75, 3.05) is 74.9 Å². The van der Waals surface area contributed by atoms with Gasteiger partial charge in [0.05, 0.1) is 4.47 Å². The molecule has 10 heteroatoms. The summed E-state index contributed by atoms with van der Waals surface area (Å²) in [6.45, 7) is 9.54. The second-order valence-corrected chi connectivity index (χ2v) is 9.71. The fourth-order valence-electron chi connectivity index (χ4n) is 4.05. The van der Waals surface area contributed by atoms with Crippen molar-refractivity contribution in [1.82, 2.24) is 25.1 Å². The molecule has 3 heterocycles. The fraction of sp³-hybridized carbons (Fsp3) is 0.542. The van der Waals surface area contributed by atoms with Crippen molar-refractivity contribution in [2.24, 2.45) is 0 Å². The van der Waals surface area contributed by atoms with E-state index in [4.69, 9.17) is 0 Å². The first-order valence-corrected chi connectivity index (χ1v) is 13.0. The molecule has 1 aromatic heterocycles. The van der Waals surface area contributed by atoms with Crippen molar-refractivity contribution in [1.29, 1.82) is 0 Å². The van der Waals surface area contributed by atoms with Crippen molar-refractivity contribution in [3.63, 3.8) is 0 Å². The van der Waals surface area contributed by atoms with Crippen molar-refractivity contribution in [2.45, 2.75) is 26.2 Å². The Morgan fingerprint density at radius 3 is 2.62 bits per heavy atom. The Morgan fingerprint density at radius 2 is 1.91 bits per heavy atom. The van der Waals surface area contributed by atoms with Crippen LogP contribution in [0.2, 0.25) is 0 Å². The van der Waals surface area contributed by atoms with Gasteiger partial charge in [0.25, 0.3) is 0 Å². The summed E-state index contributed by atoms with van der Waals surface area (Å²) in [7, 11) is 2.18. The molecule has 2 aliphatic heterocycles. The quantitative estimate of drug-likeness (QED) is 0.427. The van der Waals surface area contributed by atoms with Gasteiger partial charge >= 0.3 is 6.03 Å². The third kappa shape index (κ3) is 6.29. The highest BCUT2D eigenvalue weighted by atomic mass is 79.9. The normalized spacial score (nSPS) is 16.2. The van der Waals surface area contributed by atoms with Gasteiger partial charge in [-0.3, -0.25) is 0 Å². The van der Waals surface area contributed by atoms with Gasteiger partial charge in [-0.25, -0.2) is 9.78 Å². The van der Waals surface area contributed by atoms with E-state index in [1.54, 1.807) is 6.20 Å². The molecule has 3 N–H and O–H groups in total. The average molecular weight is 532 g/mol. The minimum atomic E-state index is 0.0336. The number of likely N-dealkylation sites (N-methyl/N-ethyl adjacent to an activating group) is 1. The van der Waals surface area contributed by atoms with Gasteiger partial charge in [-0.2, -0.15) is 4.98 Å². The summed E-state index contributed by atoms with van der Waals surface area (Å²) in [5.41, 5.74) is 3.55. The number of amides is 2. The van der Waals surface area contributed by atoms with E-state index >= 15 is 0 Å². The van der Waals surface area contributed by atoms with Crippen molar-refractivity contribution < 1.29 is 4.79 Å². The van der Waals surface area contributed by atoms with Gasteiger partial charge in [-0.1, -0.05) is 6.92 Å². The SMILES string of the molecule is CCc1cc(N2CCN(C)CC2)ccc1Nc1ncc(Br)c(NCCCNC(=O)N2CCC2)n1. The molecule has 2 aliphatic rings. The Kier molecular flexibility index (Phi) is 8.44. The zero-order valence-electron chi connectivity index (χ0n) is 20.1. The summed E-state index contributed by atoms with van der Waals surface area (Å²) >= 11 is 3.53. The maximum atomic E-state index is 11.9. The number of carbonyl (C=O) groups excluding carboxylic acids is 1. The lowest BCUT2D eigenvalue weighted by Crippen LogP contribution is -2.48. The molecule has 1 aromatic carbocycles. The van der Waals surface area contributed by atoms with Gasteiger partial charge in [-0.15, -0.1) is 0 Å². The standard InChI is InChI=1S/C24H35BrN8O/c1-3-18-16-19(32-14-12-31(2)13-15-32)6-7-21(18)29-23-28-17-20(25)22(30-23)26-8-4-9-27-24(34)33-10-5-11-33/h6-7,16-17H,3-5,8-15H2,1-2H3,(H,27,34)(H2,26,28,29,30). The molecule has 0 radical (unpaired) electrons. The molecule has 2 fully saturated rings. The van der Waals surface area contributed by atoms with Crippen molar-refractivity contribution in [3.8, 4) is 0 Å². The third-order valence-corrected chi connectivity index (χ3v) is 6.97. The van der Waals surface area contributed by atoms with E-state index in [0.717, 1.165) is 74.5 Å². The van der Waals surface area contributed by atoms with Crippen LogP contribution in [0.5, 0.6) is 0 Å². The van der Waals surface area contributed by atoms with Crippen molar-refractivity contribution in [3.05, 3.63) is 34.4 Å². The number of piperazine rings is 1. The zero-order chi connectivity index (χ0) is 23.9. The maximum absolute atomic E-state index is 11.9. The Labute approximate surface area is 210 Å². The van der Waals surface area contributed by atoms with E-state index < -0.39 is 0 Å². The van der Waals surface area contributed by atoms with E-state index in [-0.39, 0.29) is 6.03 Å². The van der Waals surface area contributed by atoms with Gasteiger partial charge in [0.2, 0.25) is 5.95 Å².